The molecule has 1 atom stereocenters. The van der Waals surface area contributed by atoms with Crippen molar-refractivity contribution in [3.63, 3.8) is 0 Å². The van der Waals surface area contributed by atoms with Crippen molar-refractivity contribution in [3.05, 3.63) is 59.9 Å². The minimum Gasteiger partial charge on any atom is -0.508 e. The van der Waals surface area contributed by atoms with Gasteiger partial charge in [-0.15, -0.1) is 0 Å². The van der Waals surface area contributed by atoms with Crippen molar-refractivity contribution >= 4 is 28.5 Å². The highest BCUT2D eigenvalue weighted by Crippen LogP contribution is 2.25. The Morgan fingerprint density at radius 3 is 2.85 bits per heavy atom. The molecule has 0 unspecified atom stereocenters. The summed E-state index contributed by atoms with van der Waals surface area (Å²) in [6.45, 7) is 1.45. The number of phenols is 1. The number of carbonyl (C=O) groups is 2. The van der Waals surface area contributed by atoms with E-state index in [9.17, 15) is 14.7 Å². The molecule has 1 amide bonds. The second-order valence-electron chi connectivity index (χ2n) is 5.90. The van der Waals surface area contributed by atoms with Gasteiger partial charge in [-0.2, -0.15) is 5.26 Å². The van der Waals surface area contributed by atoms with Crippen LogP contribution in [0.25, 0.3) is 11.0 Å². The van der Waals surface area contributed by atoms with E-state index in [1.165, 1.54) is 25.3 Å². The number of hydrogen-bond donors (Lipinski definition) is 2. The van der Waals surface area contributed by atoms with E-state index in [4.69, 9.17) is 14.4 Å². The zero-order valence-corrected chi connectivity index (χ0v) is 14.4. The highest BCUT2D eigenvalue weighted by atomic mass is 16.5. The predicted octanol–water partition coefficient (Wildman–Crippen LogP) is 3.12. The number of anilines is 1. The number of nitriles is 1. The highest BCUT2D eigenvalue weighted by molar-refractivity contribution is 5.96. The van der Waals surface area contributed by atoms with E-state index in [0.29, 0.717) is 27.8 Å². The van der Waals surface area contributed by atoms with E-state index in [2.05, 4.69) is 5.32 Å². The lowest BCUT2D eigenvalue weighted by Gasteiger charge is -2.14. The molecular formula is C20H16N2O5. The number of benzene rings is 2. The molecule has 1 aromatic heterocycles. The number of aromatic hydroxyl groups is 1. The summed E-state index contributed by atoms with van der Waals surface area (Å²) < 4.78 is 10.5. The zero-order valence-electron chi connectivity index (χ0n) is 14.4. The quantitative estimate of drug-likeness (QED) is 0.673. The van der Waals surface area contributed by atoms with Crippen LogP contribution < -0.4 is 5.32 Å². The van der Waals surface area contributed by atoms with Crippen molar-refractivity contribution in [2.24, 2.45) is 0 Å². The summed E-state index contributed by atoms with van der Waals surface area (Å²) >= 11 is 0. The average molecular weight is 364 g/mol. The molecule has 0 aliphatic rings. The summed E-state index contributed by atoms with van der Waals surface area (Å²) in [7, 11) is 0. The van der Waals surface area contributed by atoms with Gasteiger partial charge in [0, 0.05) is 17.0 Å². The minimum atomic E-state index is -1.04. The first-order valence-corrected chi connectivity index (χ1v) is 8.16. The molecule has 0 bridgehead atoms. The number of esters is 1. The molecule has 7 heteroatoms. The van der Waals surface area contributed by atoms with Gasteiger partial charge in [-0.05, 0) is 31.2 Å². The van der Waals surface area contributed by atoms with E-state index >= 15 is 0 Å². The molecule has 0 spiro atoms. The van der Waals surface area contributed by atoms with E-state index in [1.54, 1.807) is 30.3 Å². The third-order valence-electron chi connectivity index (χ3n) is 3.96. The van der Waals surface area contributed by atoms with Crippen LogP contribution in [0.4, 0.5) is 5.69 Å². The molecule has 0 radical (unpaired) electrons. The summed E-state index contributed by atoms with van der Waals surface area (Å²) in [5.41, 5.74) is 1.72. The van der Waals surface area contributed by atoms with Gasteiger partial charge < -0.3 is 19.6 Å². The molecule has 2 aromatic carbocycles. The summed E-state index contributed by atoms with van der Waals surface area (Å²) in [4.78, 5) is 24.4. The standard InChI is InChI=1S/C20H16N2O5/c1-12(20(25)22-17-5-3-2-4-13(17)10-21)27-19(24)8-14-11-26-18-9-15(23)6-7-16(14)18/h2-7,9,11-12,23H,8H2,1H3,(H,22,25)/t12-/m0/s1. The Bertz CT molecular complexity index is 1050. The first-order chi connectivity index (χ1) is 13.0. The van der Waals surface area contributed by atoms with E-state index in [1.807, 2.05) is 6.07 Å². The fraction of sp³-hybridized carbons (Fsp3) is 0.150. The SMILES string of the molecule is C[C@H](OC(=O)Cc1coc2cc(O)ccc12)C(=O)Nc1ccccc1C#N. The summed E-state index contributed by atoms with van der Waals surface area (Å²) in [5, 5.41) is 21.8. The number of rotatable bonds is 5. The summed E-state index contributed by atoms with van der Waals surface area (Å²) in [5.74, 6) is -1.07. The van der Waals surface area contributed by atoms with Gasteiger partial charge in [-0.3, -0.25) is 9.59 Å². The largest absolute Gasteiger partial charge is 0.508 e. The van der Waals surface area contributed by atoms with Gasteiger partial charge in [-0.1, -0.05) is 12.1 Å². The van der Waals surface area contributed by atoms with Gasteiger partial charge in [0.05, 0.1) is 23.9 Å². The predicted molar refractivity (Wildman–Crippen MR) is 96.9 cm³/mol. The van der Waals surface area contributed by atoms with E-state index < -0.39 is 18.0 Å². The number of ether oxygens (including phenoxy) is 1. The number of phenolic OH excluding ortho intramolecular Hbond substituents is 1. The Kier molecular flexibility index (Phi) is 5.08. The van der Waals surface area contributed by atoms with Crippen LogP contribution in [0, 0.1) is 11.3 Å². The molecule has 0 saturated carbocycles. The number of hydrogen-bond acceptors (Lipinski definition) is 6. The Labute approximate surface area is 154 Å². The second kappa shape index (κ2) is 7.62. The van der Waals surface area contributed by atoms with Gasteiger partial charge in [0.25, 0.3) is 5.91 Å². The molecule has 0 fully saturated rings. The Morgan fingerprint density at radius 1 is 1.30 bits per heavy atom. The first-order valence-electron chi connectivity index (χ1n) is 8.16. The fourth-order valence-electron chi connectivity index (χ4n) is 2.58. The lowest BCUT2D eigenvalue weighted by atomic mass is 10.1. The van der Waals surface area contributed by atoms with Gasteiger partial charge in [0.2, 0.25) is 0 Å². The molecular weight excluding hydrogens is 348 g/mol. The van der Waals surface area contributed by atoms with Gasteiger partial charge in [0.1, 0.15) is 17.4 Å². The monoisotopic (exact) mass is 364 g/mol. The van der Waals surface area contributed by atoms with Crippen molar-refractivity contribution in [2.45, 2.75) is 19.4 Å². The number of para-hydroxylation sites is 1. The maximum atomic E-state index is 12.2. The van der Waals surface area contributed by atoms with Crippen molar-refractivity contribution in [2.75, 3.05) is 5.32 Å². The molecule has 1 heterocycles. The van der Waals surface area contributed by atoms with Crippen LogP contribution in [-0.2, 0) is 20.7 Å². The molecule has 0 aliphatic carbocycles. The highest BCUT2D eigenvalue weighted by Gasteiger charge is 2.20. The molecule has 3 rings (SSSR count). The minimum absolute atomic E-state index is 0.0638. The molecule has 7 nitrogen and oxygen atoms in total. The van der Waals surface area contributed by atoms with Crippen LogP contribution in [0.1, 0.15) is 18.1 Å². The molecule has 3 aromatic rings. The second-order valence-corrected chi connectivity index (χ2v) is 5.90. The normalized spacial score (nSPS) is 11.6. The van der Waals surface area contributed by atoms with Crippen LogP contribution in [0.5, 0.6) is 5.75 Å². The van der Waals surface area contributed by atoms with Gasteiger partial charge in [0.15, 0.2) is 6.10 Å². The maximum absolute atomic E-state index is 12.2. The average Bonchev–Trinajstić information content (AvgIpc) is 3.03. The van der Waals surface area contributed by atoms with Crippen molar-refractivity contribution < 1.29 is 23.8 Å². The van der Waals surface area contributed by atoms with Crippen molar-refractivity contribution in [3.8, 4) is 11.8 Å². The topological polar surface area (TPSA) is 113 Å². The molecule has 2 N–H and O–H groups in total. The Hall–Kier alpha value is -3.79. The third kappa shape index (κ3) is 4.07. The van der Waals surface area contributed by atoms with Crippen molar-refractivity contribution in [1.29, 1.82) is 5.26 Å². The lowest BCUT2D eigenvalue weighted by Crippen LogP contribution is -2.30. The maximum Gasteiger partial charge on any atom is 0.311 e. The first kappa shape index (κ1) is 18.0. The van der Waals surface area contributed by atoms with Crippen LogP contribution in [-0.4, -0.2) is 23.1 Å². The van der Waals surface area contributed by atoms with Crippen molar-refractivity contribution in [1.82, 2.24) is 0 Å². The lowest BCUT2D eigenvalue weighted by molar-refractivity contribution is -0.152. The van der Waals surface area contributed by atoms with E-state index in [-0.39, 0.29) is 12.2 Å². The summed E-state index contributed by atoms with van der Waals surface area (Å²) in [6.07, 6.45) is 0.301. The number of nitrogens with one attached hydrogen (secondary N) is 1. The number of fused-ring (bicyclic) bond motifs is 1. The fourth-order valence-corrected chi connectivity index (χ4v) is 2.58. The van der Waals surface area contributed by atoms with Crippen LogP contribution in [0.3, 0.4) is 0 Å². The number of carbonyl (C=O) groups excluding carboxylic acids is 2. The van der Waals surface area contributed by atoms with E-state index in [0.717, 1.165) is 0 Å². The smallest absolute Gasteiger partial charge is 0.311 e. The molecule has 136 valence electrons. The van der Waals surface area contributed by atoms with Crippen LogP contribution in [0.15, 0.2) is 53.1 Å². The van der Waals surface area contributed by atoms with Crippen LogP contribution in [0.2, 0.25) is 0 Å². The molecule has 27 heavy (non-hydrogen) atoms. The molecule has 0 saturated heterocycles. The van der Waals surface area contributed by atoms with Crippen LogP contribution >= 0.6 is 0 Å². The molecule has 0 aliphatic heterocycles. The third-order valence-corrected chi connectivity index (χ3v) is 3.96. The Balaban J connectivity index is 1.63. The number of furan rings is 1. The van der Waals surface area contributed by atoms with Gasteiger partial charge in [-0.25, -0.2) is 0 Å². The Morgan fingerprint density at radius 2 is 2.07 bits per heavy atom. The number of amides is 1. The number of nitrogens with zero attached hydrogens (tertiary/aromatic N) is 1. The van der Waals surface area contributed by atoms with Gasteiger partial charge >= 0.3 is 5.97 Å². The summed E-state index contributed by atoms with van der Waals surface area (Å²) in [6, 6.07) is 13.1. The zero-order chi connectivity index (χ0) is 19.4.